The first-order valence-corrected chi connectivity index (χ1v) is 6.97. The van der Waals surface area contributed by atoms with Crippen LogP contribution < -0.4 is 10.9 Å². The molecule has 0 aliphatic rings. The molecule has 0 aromatic carbocycles. The second-order valence-corrected chi connectivity index (χ2v) is 6.45. The molecule has 2 rings (SSSR count). The number of hydrogen-bond acceptors (Lipinski definition) is 6. The van der Waals surface area contributed by atoms with Crippen LogP contribution >= 0.6 is 11.3 Å². The van der Waals surface area contributed by atoms with Crippen molar-refractivity contribution in [3.8, 4) is 0 Å². The second kappa shape index (κ2) is 5.12. The van der Waals surface area contributed by atoms with Crippen LogP contribution in [0.5, 0.6) is 0 Å². The molecule has 0 atom stereocenters. The van der Waals surface area contributed by atoms with E-state index in [2.05, 4.69) is 5.32 Å². The van der Waals surface area contributed by atoms with Gasteiger partial charge >= 0.3 is 13.2 Å². The van der Waals surface area contributed by atoms with Crippen LogP contribution in [0.1, 0.15) is 20.8 Å². The van der Waals surface area contributed by atoms with E-state index < -0.39 is 18.8 Å². The first kappa shape index (κ1) is 14.9. The average molecular weight is 296 g/mol. The Morgan fingerprint density at radius 1 is 1.40 bits per heavy atom. The Hall–Kier alpha value is -1.51. The second-order valence-electron chi connectivity index (χ2n) is 5.37. The number of aromatic nitrogens is 1. The lowest BCUT2D eigenvalue weighted by Crippen LogP contribution is -2.41. The van der Waals surface area contributed by atoms with Crippen molar-refractivity contribution in [2.24, 2.45) is 0 Å². The molecule has 20 heavy (non-hydrogen) atoms. The van der Waals surface area contributed by atoms with Gasteiger partial charge in [-0.25, -0.2) is 4.79 Å². The Morgan fingerprint density at radius 2 is 2.05 bits per heavy atom. The Morgan fingerprint density at radius 3 is 2.55 bits per heavy atom. The van der Waals surface area contributed by atoms with Gasteiger partial charge in [-0.2, -0.15) is 0 Å². The molecule has 8 heteroatoms. The lowest BCUT2D eigenvalue weighted by Gasteiger charge is -2.20. The van der Waals surface area contributed by atoms with Crippen LogP contribution in [-0.2, 0) is 4.74 Å². The van der Waals surface area contributed by atoms with Crippen LogP contribution in [0.4, 0.5) is 9.80 Å². The summed E-state index contributed by atoms with van der Waals surface area (Å²) in [5.74, 6) is 0. The molecular formula is C12H17BN2O4S. The quantitative estimate of drug-likeness (QED) is 0.725. The van der Waals surface area contributed by atoms with E-state index in [4.69, 9.17) is 4.74 Å². The van der Waals surface area contributed by atoms with Crippen molar-refractivity contribution in [1.82, 2.24) is 4.57 Å². The molecule has 0 spiro atoms. The molecule has 0 bridgehead atoms. The minimum Gasteiger partial charge on any atom is -0.443 e. The van der Waals surface area contributed by atoms with E-state index in [0.29, 0.717) is 5.52 Å². The molecule has 3 N–H and O–H groups in total. The number of hydrogen-bond donors (Lipinski definition) is 3. The maximum atomic E-state index is 12.3. The third-order valence-corrected chi connectivity index (χ3v) is 3.69. The summed E-state index contributed by atoms with van der Waals surface area (Å²) >= 11 is 1.42. The summed E-state index contributed by atoms with van der Waals surface area (Å²) in [4.78, 5) is 12.3. The molecule has 0 unspecified atom stereocenters. The van der Waals surface area contributed by atoms with Crippen molar-refractivity contribution in [2.75, 3.05) is 12.4 Å². The zero-order chi connectivity index (χ0) is 15.1. The molecule has 108 valence electrons. The van der Waals surface area contributed by atoms with E-state index in [-0.39, 0.29) is 5.59 Å². The van der Waals surface area contributed by atoms with Crippen LogP contribution in [0.2, 0.25) is 0 Å². The van der Waals surface area contributed by atoms with E-state index in [9.17, 15) is 14.8 Å². The molecule has 0 aliphatic heterocycles. The maximum Gasteiger partial charge on any atom is 0.506 e. The van der Waals surface area contributed by atoms with Gasteiger partial charge in [-0.15, -0.1) is 11.3 Å². The zero-order valence-electron chi connectivity index (χ0n) is 11.8. The van der Waals surface area contributed by atoms with Gasteiger partial charge in [0.1, 0.15) is 5.60 Å². The molecule has 2 aromatic rings. The molecule has 2 aromatic heterocycles. The SMILES string of the molecule is CNc1cc2c(cc(B(O)O)n2C(=O)OC(C)(C)C)s1. The van der Waals surface area contributed by atoms with E-state index in [1.165, 1.54) is 15.9 Å². The summed E-state index contributed by atoms with van der Waals surface area (Å²) in [5, 5.41) is 22.7. The van der Waals surface area contributed by atoms with Gasteiger partial charge in [-0.1, -0.05) is 0 Å². The van der Waals surface area contributed by atoms with Gasteiger partial charge in [0, 0.05) is 7.05 Å². The fourth-order valence-corrected chi connectivity index (χ4v) is 2.78. The number of rotatable bonds is 2. The predicted octanol–water partition coefficient (Wildman–Crippen LogP) is 1.21. The highest BCUT2D eigenvalue weighted by Gasteiger charge is 2.27. The van der Waals surface area contributed by atoms with Crippen molar-refractivity contribution in [1.29, 1.82) is 0 Å². The standard InChI is InChI=1S/C12H17BN2O4S/c1-12(2,3)19-11(16)15-7-5-10(14-4)20-8(7)6-9(15)13(17)18/h5-6,14,17-18H,1-4H3. The average Bonchev–Trinajstić information content (AvgIpc) is 2.81. The van der Waals surface area contributed by atoms with Gasteiger partial charge in [0.15, 0.2) is 0 Å². The van der Waals surface area contributed by atoms with Crippen molar-refractivity contribution >= 4 is 45.4 Å². The summed E-state index contributed by atoms with van der Waals surface area (Å²) < 4.78 is 7.29. The maximum absolute atomic E-state index is 12.3. The Kier molecular flexibility index (Phi) is 3.81. The van der Waals surface area contributed by atoms with Crippen LogP contribution in [0.15, 0.2) is 12.1 Å². The van der Waals surface area contributed by atoms with Crippen molar-refractivity contribution in [3.05, 3.63) is 12.1 Å². The fraction of sp³-hybridized carbons (Fsp3) is 0.417. The topological polar surface area (TPSA) is 83.7 Å². The molecule has 0 aliphatic carbocycles. The summed E-state index contributed by atoms with van der Waals surface area (Å²) in [6.45, 7) is 5.27. The summed E-state index contributed by atoms with van der Waals surface area (Å²) in [7, 11) is 0.0461. The number of fused-ring (bicyclic) bond motifs is 1. The molecule has 0 saturated heterocycles. The molecule has 0 fully saturated rings. The molecule has 6 nitrogen and oxygen atoms in total. The highest BCUT2D eigenvalue weighted by Crippen LogP contribution is 2.30. The number of anilines is 1. The van der Waals surface area contributed by atoms with Gasteiger partial charge in [-0.05, 0) is 32.9 Å². The number of nitrogens with one attached hydrogen (secondary N) is 1. The largest absolute Gasteiger partial charge is 0.506 e. The van der Waals surface area contributed by atoms with Crippen LogP contribution in [0, 0.1) is 0 Å². The highest BCUT2D eigenvalue weighted by molar-refractivity contribution is 7.22. The number of nitrogens with zero attached hydrogens (tertiary/aromatic N) is 1. The van der Waals surface area contributed by atoms with Crippen LogP contribution in [-0.4, -0.2) is 40.5 Å². The van der Waals surface area contributed by atoms with Gasteiger partial charge in [0.25, 0.3) is 0 Å². The first-order valence-electron chi connectivity index (χ1n) is 6.15. The van der Waals surface area contributed by atoms with Gasteiger partial charge < -0.3 is 20.1 Å². The van der Waals surface area contributed by atoms with Gasteiger partial charge in [0.05, 0.1) is 20.8 Å². The fourth-order valence-electron chi connectivity index (χ4n) is 1.84. The lowest BCUT2D eigenvalue weighted by molar-refractivity contribution is 0.0548. The molecule has 0 radical (unpaired) electrons. The first-order chi connectivity index (χ1) is 9.23. The van der Waals surface area contributed by atoms with E-state index in [1.807, 2.05) is 0 Å². The number of ether oxygens (including phenoxy) is 1. The van der Waals surface area contributed by atoms with E-state index >= 15 is 0 Å². The van der Waals surface area contributed by atoms with Crippen LogP contribution in [0.3, 0.4) is 0 Å². The van der Waals surface area contributed by atoms with Crippen molar-refractivity contribution < 1.29 is 19.6 Å². The number of carbonyl (C=O) groups excluding carboxylic acids is 1. The monoisotopic (exact) mass is 296 g/mol. The lowest BCUT2D eigenvalue weighted by atomic mass is 9.86. The number of thiophene rings is 1. The highest BCUT2D eigenvalue weighted by atomic mass is 32.1. The van der Waals surface area contributed by atoms with Crippen molar-refractivity contribution in [3.63, 3.8) is 0 Å². The van der Waals surface area contributed by atoms with Gasteiger partial charge in [-0.3, -0.25) is 4.57 Å². The number of carbonyl (C=O) groups is 1. The Labute approximate surface area is 121 Å². The Balaban J connectivity index is 2.54. The minimum absolute atomic E-state index is 0.100. The molecule has 2 heterocycles. The van der Waals surface area contributed by atoms with Gasteiger partial charge in [0.2, 0.25) is 0 Å². The third-order valence-electron chi connectivity index (χ3n) is 2.61. The summed E-state index contributed by atoms with van der Waals surface area (Å²) in [6, 6.07) is 3.35. The van der Waals surface area contributed by atoms with Crippen LogP contribution in [0.25, 0.3) is 10.2 Å². The normalized spacial score (nSPS) is 11.7. The van der Waals surface area contributed by atoms with E-state index in [0.717, 1.165) is 9.70 Å². The molecule has 0 saturated carbocycles. The third kappa shape index (κ3) is 2.82. The predicted molar refractivity (Wildman–Crippen MR) is 80.8 cm³/mol. The van der Waals surface area contributed by atoms with E-state index in [1.54, 1.807) is 40.0 Å². The Bertz CT molecular complexity index is 642. The minimum atomic E-state index is -1.74. The van der Waals surface area contributed by atoms with Crippen molar-refractivity contribution in [2.45, 2.75) is 26.4 Å². The molecule has 0 amide bonds. The molecular weight excluding hydrogens is 279 g/mol. The zero-order valence-corrected chi connectivity index (χ0v) is 12.6. The summed E-state index contributed by atoms with van der Waals surface area (Å²) in [5.41, 5.74) is 0.0348. The summed E-state index contributed by atoms with van der Waals surface area (Å²) in [6.07, 6.45) is -0.629. The smallest absolute Gasteiger partial charge is 0.443 e.